The Morgan fingerprint density at radius 2 is 1.68 bits per heavy atom. The second-order valence-corrected chi connectivity index (χ2v) is 13.4. The van der Waals surface area contributed by atoms with E-state index in [4.69, 9.17) is 22.3 Å². The number of carboxylic acid groups (broad SMARTS) is 1. The van der Waals surface area contributed by atoms with E-state index >= 15 is 0 Å². The molecule has 4 rings (SSSR count). The van der Waals surface area contributed by atoms with Crippen molar-refractivity contribution < 1.29 is 14.7 Å². The second kappa shape index (κ2) is 14.4. The Morgan fingerprint density at radius 1 is 1.05 bits per heavy atom. The Hall–Kier alpha value is -2.72. The first-order valence-corrected chi connectivity index (χ1v) is 16.1. The van der Waals surface area contributed by atoms with E-state index in [0.717, 1.165) is 76.4 Å². The number of piperidine rings is 1. The molecular weight excluding hydrogens is 556 g/mol. The highest BCUT2D eigenvalue weighted by Gasteiger charge is 2.33. The zero-order chi connectivity index (χ0) is 29.5. The summed E-state index contributed by atoms with van der Waals surface area (Å²) in [6.07, 6.45) is 12.9. The van der Waals surface area contributed by atoms with Crippen LogP contribution in [0.5, 0.6) is 0 Å². The number of hydrogen-bond donors (Lipinski definition) is 1. The predicted octanol–water partition coefficient (Wildman–Crippen LogP) is 6.28. The van der Waals surface area contributed by atoms with Gasteiger partial charge in [0.25, 0.3) is 11.5 Å². The first-order chi connectivity index (χ1) is 19.6. The van der Waals surface area contributed by atoms with Gasteiger partial charge in [-0.3, -0.25) is 23.7 Å². The molecule has 222 valence electrons. The third-order valence-electron chi connectivity index (χ3n) is 7.83. The van der Waals surface area contributed by atoms with Gasteiger partial charge < -0.3 is 10.0 Å². The fourth-order valence-electron chi connectivity index (χ4n) is 5.88. The van der Waals surface area contributed by atoms with E-state index in [1.165, 1.54) is 11.8 Å². The molecule has 1 N–H and O–H groups in total. The van der Waals surface area contributed by atoms with Gasteiger partial charge in [0.05, 0.1) is 10.5 Å². The van der Waals surface area contributed by atoms with E-state index in [0.29, 0.717) is 44.6 Å². The maximum atomic E-state index is 13.8. The molecule has 0 spiro atoms. The average molecular weight is 599 g/mol. The van der Waals surface area contributed by atoms with Crippen LogP contribution < -0.4 is 10.5 Å². The molecule has 0 saturated carbocycles. The summed E-state index contributed by atoms with van der Waals surface area (Å²) in [6, 6.07) is 3.83. The number of carbonyl (C=O) groups excluding carboxylic acids is 1. The van der Waals surface area contributed by atoms with E-state index in [2.05, 4.69) is 18.7 Å². The van der Waals surface area contributed by atoms with Gasteiger partial charge in [-0.15, -0.1) is 0 Å². The van der Waals surface area contributed by atoms with Crippen molar-refractivity contribution in [2.24, 2.45) is 11.8 Å². The van der Waals surface area contributed by atoms with E-state index in [9.17, 15) is 14.4 Å². The Morgan fingerprint density at radius 3 is 2.34 bits per heavy atom. The molecule has 2 aliphatic heterocycles. The number of aliphatic carboxylic acids is 1. The molecule has 10 heteroatoms. The summed E-state index contributed by atoms with van der Waals surface area (Å²) in [6.45, 7) is 8.62. The van der Waals surface area contributed by atoms with E-state index in [1.807, 2.05) is 19.1 Å². The molecule has 2 atom stereocenters. The van der Waals surface area contributed by atoms with Gasteiger partial charge >= 0.3 is 5.97 Å². The first-order valence-electron chi connectivity index (χ1n) is 14.9. The normalized spacial score (nSPS) is 20.5. The van der Waals surface area contributed by atoms with Crippen LogP contribution in [0.15, 0.2) is 28.0 Å². The van der Waals surface area contributed by atoms with Crippen LogP contribution >= 0.6 is 24.0 Å². The molecule has 2 aliphatic rings. The molecule has 4 heterocycles. The minimum Gasteiger partial charge on any atom is -0.481 e. The van der Waals surface area contributed by atoms with E-state index < -0.39 is 5.97 Å². The Labute approximate surface area is 252 Å². The number of anilines is 1. The minimum absolute atomic E-state index is 0.140. The number of thiocarbonyl (C=S) groups is 1. The summed E-state index contributed by atoms with van der Waals surface area (Å²) in [5.41, 5.74) is 1.84. The highest BCUT2D eigenvalue weighted by molar-refractivity contribution is 8.26. The first kappa shape index (κ1) is 31.2. The Balaban J connectivity index is 1.44. The molecule has 2 aromatic rings. The number of hydrogen-bond acceptors (Lipinski definition) is 7. The molecule has 0 aliphatic carbocycles. The third-order valence-corrected chi connectivity index (χ3v) is 9.20. The van der Waals surface area contributed by atoms with Crippen molar-refractivity contribution in [1.82, 2.24) is 14.3 Å². The maximum Gasteiger partial charge on any atom is 0.303 e. The zero-order valence-electron chi connectivity index (χ0n) is 24.4. The number of aryl methyl sites for hydroxylation is 1. The smallest absolute Gasteiger partial charge is 0.303 e. The van der Waals surface area contributed by atoms with Crippen molar-refractivity contribution in [1.29, 1.82) is 0 Å². The van der Waals surface area contributed by atoms with Crippen molar-refractivity contribution >= 4 is 57.7 Å². The van der Waals surface area contributed by atoms with Gasteiger partial charge in [0.2, 0.25) is 0 Å². The zero-order valence-corrected chi connectivity index (χ0v) is 26.1. The van der Waals surface area contributed by atoms with Crippen molar-refractivity contribution in [3.05, 3.63) is 44.7 Å². The SMILES string of the molecule is Cc1ccc2nc(N3CC(C)CC(C)C3)c(C=C3SC(=S)N(CCCCCCCCCCC(=O)O)C3=O)c(=O)n2c1. The van der Waals surface area contributed by atoms with E-state index in [1.54, 1.807) is 21.6 Å². The number of amides is 1. The van der Waals surface area contributed by atoms with Crippen molar-refractivity contribution in [3.63, 3.8) is 0 Å². The molecule has 2 unspecified atom stereocenters. The van der Waals surface area contributed by atoms with Gasteiger partial charge in [0.15, 0.2) is 0 Å². The molecule has 2 fully saturated rings. The van der Waals surface area contributed by atoms with Crippen LogP contribution in [0, 0.1) is 18.8 Å². The lowest BCUT2D eigenvalue weighted by molar-refractivity contribution is -0.137. The lowest BCUT2D eigenvalue weighted by atomic mass is 9.91. The summed E-state index contributed by atoms with van der Waals surface area (Å²) in [7, 11) is 0. The number of thioether (sulfide) groups is 1. The molecule has 8 nitrogen and oxygen atoms in total. The average Bonchev–Trinajstić information content (AvgIpc) is 3.18. The van der Waals surface area contributed by atoms with Gasteiger partial charge in [0.1, 0.15) is 15.8 Å². The predicted molar refractivity (Wildman–Crippen MR) is 170 cm³/mol. The summed E-state index contributed by atoms with van der Waals surface area (Å²) >= 11 is 6.85. The number of pyridine rings is 1. The standard InChI is InChI=1S/C31H42N4O4S2/c1-21-13-14-26-32-28(33-18-22(2)16-23(3)19-33)24(29(38)35(26)20-21)17-25-30(39)34(31(40)41-25)15-11-9-7-5-4-6-8-10-12-27(36)37/h13-14,17,20,22-23H,4-12,15-16,18-19H2,1-3H3,(H,36,37). The highest BCUT2D eigenvalue weighted by atomic mass is 32.2. The van der Waals surface area contributed by atoms with Crippen LogP contribution in [0.25, 0.3) is 11.7 Å². The number of rotatable bonds is 13. The summed E-state index contributed by atoms with van der Waals surface area (Å²) in [5, 5.41) is 8.71. The van der Waals surface area contributed by atoms with Gasteiger partial charge in [-0.25, -0.2) is 4.98 Å². The number of carboxylic acids is 1. The van der Waals surface area contributed by atoms with Crippen LogP contribution in [0.1, 0.15) is 89.2 Å². The third kappa shape index (κ3) is 8.19. The Bertz CT molecular complexity index is 1360. The van der Waals surface area contributed by atoms with Crippen LogP contribution in [-0.4, -0.2) is 55.2 Å². The summed E-state index contributed by atoms with van der Waals surface area (Å²) in [5.74, 6) is 0.752. The lowest BCUT2D eigenvalue weighted by Gasteiger charge is -2.36. The number of fused-ring (bicyclic) bond motifs is 1. The molecule has 2 aromatic heterocycles. The van der Waals surface area contributed by atoms with Gasteiger partial charge in [0, 0.05) is 32.3 Å². The van der Waals surface area contributed by atoms with Gasteiger partial charge in [-0.05, 0) is 55.7 Å². The van der Waals surface area contributed by atoms with Crippen LogP contribution in [0.3, 0.4) is 0 Å². The lowest BCUT2D eigenvalue weighted by Crippen LogP contribution is -2.40. The van der Waals surface area contributed by atoms with Gasteiger partial charge in [-0.1, -0.05) is 82.4 Å². The van der Waals surface area contributed by atoms with Crippen LogP contribution in [0.4, 0.5) is 5.82 Å². The minimum atomic E-state index is -0.724. The highest BCUT2D eigenvalue weighted by Crippen LogP contribution is 2.35. The van der Waals surface area contributed by atoms with Gasteiger partial charge in [-0.2, -0.15) is 0 Å². The topological polar surface area (TPSA) is 95.2 Å². The molecule has 0 radical (unpaired) electrons. The number of carbonyl (C=O) groups is 2. The van der Waals surface area contributed by atoms with Crippen LogP contribution in [0.2, 0.25) is 0 Å². The molecule has 1 amide bonds. The quantitative estimate of drug-likeness (QED) is 0.164. The van der Waals surface area contributed by atoms with E-state index in [-0.39, 0.29) is 17.9 Å². The summed E-state index contributed by atoms with van der Waals surface area (Å²) in [4.78, 5) is 47.1. The summed E-state index contributed by atoms with van der Waals surface area (Å²) < 4.78 is 2.11. The van der Waals surface area contributed by atoms with Crippen molar-refractivity contribution in [3.8, 4) is 0 Å². The largest absolute Gasteiger partial charge is 0.481 e. The second-order valence-electron chi connectivity index (χ2n) is 11.7. The molecular formula is C31H42N4O4S2. The van der Waals surface area contributed by atoms with Crippen LogP contribution in [-0.2, 0) is 9.59 Å². The maximum absolute atomic E-state index is 13.8. The molecule has 0 aromatic carbocycles. The fraction of sp³-hybridized carbons (Fsp3) is 0.581. The van der Waals surface area contributed by atoms with Crippen molar-refractivity contribution in [2.75, 3.05) is 24.5 Å². The van der Waals surface area contributed by atoms with Crippen molar-refractivity contribution in [2.45, 2.75) is 85.0 Å². The molecule has 0 bridgehead atoms. The monoisotopic (exact) mass is 598 g/mol. The number of nitrogens with zero attached hydrogens (tertiary/aromatic N) is 4. The number of unbranched alkanes of at least 4 members (excludes halogenated alkanes) is 7. The molecule has 41 heavy (non-hydrogen) atoms. The fourth-order valence-corrected chi connectivity index (χ4v) is 7.17. The molecule has 2 saturated heterocycles. The number of aromatic nitrogens is 2. The Kier molecular flexibility index (Phi) is 11.0.